The van der Waals surface area contributed by atoms with E-state index in [0.29, 0.717) is 13.0 Å². The minimum Gasteiger partial charge on any atom is -0.310 e. The molecule has 2 aliphatic carbocycles. The van der Waals surface area contributed by atoms with E-state index in [2.05, 4.69) is 29.6 Å². The van der Waals surface area contributed by atoms with E-state index in [9.17, 15) is 13.2 Å². The molecular formula is C17H22F3N. The van der Waals surface area contributed by atoms with Crippen LogP contribution in [0.2, 0.25) is 0 Å². The fourth-order valence-corrected chi connectivity index (χ4v) is 3.26. The Labute approximate surface area is 123 Å². The lowest BCUT2D eigenvalue weighted by Crippen LogP contribution is -2.38. The van der Waals surface area contributed by atoms with Crippen LogP contribution in [0.1, 0.15) is 55.6 Å². The molecule has 116 valence electrons. The molecule has 0 aromatic heterocycles. The first kappa shape index (κ1) is 14.9. The quantitative estimate of drug-likeness (QED) is 0.843. The van der Waals surface area contributed by atoms with Gasteiger partial charge in [-0.2, -0.15) is 13.2 Å². The molecule has 2 unspecified atom stereocenters. The minimum absolute atomic E-state index is 0.00603. The van der Waals surface area contributed by atoms with Gasteiger partial charge in [0.25, 0.3) is 0 Å². The zero-order valence-electron chi connectivity index (χ0n) is 12.1. The fraction of sp³-hybridized carbons (Fsp3) is 0.647. The van der Waals surface area contributed by atoms with Gasteiger partial charge in [0, 0.05) is 12.6 Å². The third kappa shape index (κ3) is 4.00. The van der Waals surface area contributed by atoms with Crippen LogP contribution >= 0.6 is 0 Å². The molecule has 2 saturated carbocycles. The van der Waals surface area contributed by atoms with Crippen molar-refractivity contribution in [2.45, 2.75) is 63.2 Å². The summed E-state index contributed by atoms with van der Waals surface area (Å²) in [6, 6.07) is 8.52. The normalized spacial score (nSPS) is 26.8. The first-order valence-electron chi connectivity index (χ1n) is 7.91. The van der Waals surface area contributed by atoms with Crippen LogP contribution in [0, 0.1) is 5.92 Å². The van der Waals surface area contributed by atoms with E-state index in [1.165, 1.54) is 18.4 Å². The summed E-state index contributed by atoms with van der Waals surface area (Å²) in [5.41, 5.74) is 2.56. The van der Waals surface area contributed by atoms with Crippen molar-refractivity contribution in [2.75, 3.05) is 0 Å². The molecule has 4 heteroatoms. The van der Waals surface area contributed by atoms with Crippen LogP contribution in [0.25, 0.3) is 0 Å². The van der Waals surface area contributed by atoms with Gasteiger partial charge in [0.1, 0.15) is 0 Å². The minimum atomic E-state index is -4.04. The van der Waals surface area contributed by atoms with Gasteiger partial charge in [0.2, 0.25) is 0 Å². The molecule has 1 nitrogen and oxygen atoms in total. The molecule has 0 radical (unpaired) electrons. The van der Waals surface area contributed by atoms with Crippen LogP contribution in [-0.2, 0) is 6.54 Å². The summed E-state index contributed by atoms with van der Waals surface area (Å²) in [6.45, 7) is 0.667. The topological polar surface area (TPSA) is 12.0 Å². The van der Waals surface area contributed by atoms with Crippen molar-refractivity contribution in [1.82, 2.24) is 5.32 Å². The summed E-state index contributed by atoms with van der Waals surface area (Å²) in [6.07, 6.45) is 0.583. The first-order valence-corrected chi connectivity index (χ1v) is 7.91. The van der Waals surface area contributed by atoms with Gasteiger partial charge in [-0.15, -0.1) is 0 Å². The predicted octanol–water partition coefficient (Wildman–Crippen LogP) is 4.77. The number of hydrogen-bond acceptors (Lipinski definition) is 1. The lowest BCUT2D eigenvalue weighted by Gasteiger charge is -2.31. The van der Waals surface area contributed by atoms with Crippen molar-refractivity contribution in [3.05, 3.63) is 35.4 Å². The van der Waals surface area contributed by atoms with Gasteiger partial charge in [-0.05, 0) is 49.1 Å². The molecule has 2 atom stereocenters. The van der Waals surface area contributed by atoms with Crippen molar-refractivity contribution in [1.29, 1.82) is 0 Å². The lowest BCUT2D eigenvalue weighted by molar-refractivity contribution is -0.183. The third-order valence-electron chi connectivity index (χ3n) is 4.76. The van der Waals surface area contributed by atoms with E-state index in [0.717, 1.165) is 17.9 Å². The second-order valence-corrected chi connectivity index (χ2v) is 6.50. The Morgan fingerprint density at radius 3 is 2.33 bits per heavy atom. The Hall–Kier alpha value is -1.03. The number of halogens is 3. The average Bonchev–Trinajstić information content (AvgIpc) is 3.30. The zero-order chi connectivity index (χ0) is 14.9. The summed E-state index contributed by atoms with van der Waals surface area (Å²) in [4.78, 5) is 0. The molecule has 0 saturated heterocycles. The number of hydrogen-bond donors (Lipinski definition) is 1. The van der Waals surface area contributed by atoms with E-state index in [-0.39, 0.29) is 18.9 Å². The number of benzene rings is 1. The van der Waals surface area contributed by atoms with Crippen LogP contribution in [0.5, 0.6) is 0 Å². The molecule has 21 heavy (non-hydrogen) atoms. The van der Waals surface area contributed by atoms with Gasteiger partial charge in [-0.1, -0.05) is 30.7 Å². The molecule has 0 bridgehead atoms. The third-order valence-corrected chi connectivity index (χ3v) is 4.76. The highest BCUT2D eigenvalue weighted by atomic mass is 19.4. The molecule has 0 heterocycles. The largest absolute Gasteiger partial charge is 0.391 e. The standard InChI is InChI=1S/C17H22F3N/c18-17(19,20)15-2-1-3-16(10-15)21-11-12-4-6-13(7-5-12)14-8-9-14/h4-7,14-16,21H,1-3,8-11H2. The Balaban J connectivity index is 1.50. The first-order chi connectivity index (χ1) is 10.0. The maximum Gasteiger partial charge on any atom is 0.391 e. The molecule has 0 aliphatic heterocycles. The maximum absolute atomic E-state index is 12.8. The van der Waals surface area contributed by atoms with Gasteiger partial charge in [-0.3, -0.25) is 0 Å². The molecule has 0 amide bonds. The van der Waals surface area contributed by atoms with Crippen molar-refractivity contribution in [3.63, 3.8) is 0 Å². The fourth-order valence-electron chi connectivity index (χ4n) is 3.26. The van der Waals surface area contributed by atoms with E-state index in [1.54, 1.807) is 0 Å². The smallest absolute Gasteiger partial charge is 0.310 e. The van der Waals surface area contributed by atoms with Crippen molar-refractivity contribution in [3.8, 4) is 0 Å². The Morgan fingerprint density at radius 1 is 1.00 bits per heavy atom. The van der Waals surface area contributed by atoms with Crippen molar-refractivity contribution in [2.24, 2.45) is 5.92 Å². The van der Waals surface area contributed by atoms with E-state index < -0.39 is 12.1 Å². The van der Waals surface area contributed by atoms with E-state index >= 15 is 0 Å². The molecule has 1 N–H and O–H groups in total. The van der Waals surface area contributed by atoms with Gasteiger partial charge >= 0.3 is 6.18 Å². The van der Waals surface area contributed by atoms with Gasteiger partial charge < -0.3 is 5.32 Å². The van der Waals surface area contributed by atoms with Crippen molar-refractivity contribution < 1.29 is 13.2 Å². The summed E-state index contributed by atoms with van der Waals surface area (Å²) in [7, 11) is 0. The zero-order valence-corrected chi connectivity index (χ0v) is 12.1. The molecule has 3 rings (SSSR count). The molecule has 2 aliphatic rings. The number of rotatable bonds is 4. The highest BCUT2D eigenvalue weighted by Gasteiger charge is 2.41. The molecular weight excluding hydrogens is 275 g/mol. The van der Waals surface area contributed by atoms with Gasteiger partial charge in [0.15, 0.2) is 0 Å². The predicted molar refractivity (Wildman–Crippen MR) is 77.1 cm³/mol. The number of alkyl halides is 3. The second-order valence-electron chi connectivity index (χ2n) is 6.50. The summed E-state index contributed by atoms with van der Waals surface area (Å²) >= 11 is 0. The lowest BCUT2D eigenvalue weighted by atomic mass is 9.85. The molecule has 2 fully saturated rings. The Bertz CT molecular complexity index is 462. The Morgan fingerprint density at radius 2 is 1.71 bits per heavy atom. The monoisotopic (exact) mass is 297 g/mol. The molecule has 0 spiro atoms. The maximum atomic E-state index is 12.8. The van der Waals surface area contributed by atoms with Crippen LogP contribution < -0.4 is 5.32 Å². The van der Waals surface area contributed by atoms with E-state index in [4.69, 9.17) is 0 Å². The summed E-state index contributed by atoms with van der Waals surface area (Å²) in [5.74, 6) is -0.376. The summed E-state index contributed by atoms with van der Waals surface area (Å²) in [5, 5.41) is 3.30. The SMILES string of the molecule is FC(F)(F)C1CCCC(NCc2ccc(C3CC3)cc2)C1. The van der Waals surface area contributed by atoms with Gasteiger partial charge in [-0.25, -0.2) is 0 Å². The van der Waals surface area contributed by atoms with Crippen LogP contribution in [-0.4, -0.2) is 12.2 Å². The molecule has 1 aromatic carbocycles. The Kier molecular flexibility index (Phi) is 4.25. The number of nitrogens with one attached hydrogen (secondary N) is 1. The van der Waals surface area contributed by atoms with Crippen LogP contribution in [0.4, 0.5) is 13.2 Å². The summed E-state index contributed by atoms with van der Waals surface area (Å²) < 4.78 is 38.3. The van der Waals surface area contributed by atoms with E-state index in [1.807, 2.05) is 0 Å². The molecule has 1 aromatic rings. The highest BCUT2D eigenvalue weighted by Crippen LogP contribution is 2.40. The van der Waals surface area contributed by atoms with Gasteiger partial charge in [0.05, 0.1) is 5.92 Å². The van der Waals surface area contributed by atoms with Crippen LogP contribution in [0.15, 0.2) is 24.3 Å². The van der Waals surface area contributed by atoms with Crippen molar-refractivity contribution >= 4 is 0 Å². The average molecular weight is 297 g/mol. The second kappa shape index (κ2) is 5.99. The highest BCUT2D eigenvalue weighted by molar-refractivity contribution is 5.28. The van der Waals surface area contributed by atoms with Crippen LogP contribution in [0.3, 0.4) is 0 Å².